The van der Waals surface area contributed by atoms with Crippen molar-refractivity contribution >= 4 is 23.3 Å². The van der Waals surface area contributed by atoms with E-state index in [0.717, 1.165) is 23.7 Å². The number of para-hydroxylation sites is 1. The van der Waals surface area contributed by atoms with Gasteiger partial charge in [0.05, 0.1) is 12.0 Å². The smallest absolute Gasteiger partial charge is 0.342 e. The number of anilines is 1. The van der Waals surface area contributed by atoms with E-state index in [4.69, 9.17) is 9.47 Å². The minimum absolute atomic E-state index is 0.0570. The number of methoxy groups -OCH3 is 1. The van der Waals surface area contributed by atoms with Gasteiger partial charge >= 0.3 is 5.97 Å². The van der Waals surface area contributed by atoms with Crippen LogP contribution in [0.3, 0.4) is 0 Å². The van der Waals surface area contributed by atoms with Gasteiger partial charge in [0.2, 0.25) is 0 Å². The van der Waals surface area contributed by atoms with E-state index in [-0.39, 0.29) is 28.9 Å². The number of ether oxygens (including phenoxy) is 2. The van der Waals surface area contributed by atoms with Crippen LogP contribution in [-0.2, 0) is 16.0 Å². The summed E-state index contributed by atoms with van der Waals surface area (Å²) in [5.74, 6) is -1.08. The highest BCUT2D eigenvalue weighted by molar-refractivity contribution is 6.01. The summed E-state index contributed by atoms with van der Waals surface area (Å²) in [5, 5.41) is 11.0. The number of carbonyl (C=O) groups excluding carboxylic acids is 2. The van der Waals surface area contributed by atoms with Crippen molar-refractivity contribution < 1.29 is 24.0 Å². The fourth-order valence-corrected chi connectivity index (χ4v) is 3.34. The molecule has 0 radical (unpaired) electrons. The summed E-state index contributed by atoms with van der Waals surface area (Å²) in [4.78, 5) is 37.5. The van der Waals surface area contributed by atoms with Gasteiger partial charge in [0.15, 0.2) is 6.10 Å². The summed E-state index contributed by atoms with van der Waals surface area (Å²) < 4.78 is 10.4. The van der Waals surface area contributed by atoms with E-state index in [9.17, 15) is 19.7 Å². The predicted octanol–water partition coefficient (Wildman–Crippen LogP) is 3.13. The van der Waals surface area contributed by atoms with Crippen molar-refractivity contribution in [1.29, 1.82) is 0 Å². The number of hydrogen-bond donors (Lipinski definition) is 0. The monoisotopic (exact) mass is 384 g/mol. The summed E-state index contributed by atoms with van der Waals surface area (Å²) in [6.07, 6.45) is -0.341. The van der Waals surface area contributed by atoms with E-state index >= 15 is 0 Å². The Morgan fingerprint density at radius 2 is 1.96 bits per heavy atom. The molecule has 0 aliphatic carbocycles. The maximum Gasteiger partial charge on any atom is 0.342 e. The number of fused-ring (bicyclic) bond motifs is 1. The number of nitrogens with zero attached hydrogens (tertiary/aromatic N) is 2. The molecule has 2 aromatic rings. The predicted molar refractivity (Wildman–Crippen MR) is 102 cm³/mol. The van der Waals surface area contributed by atoms with Crippen LogP contribution in [0.4, 0.5) is 11.4 Å². The van der Waals surface area contributed by atoms with Crippen LogP contribution in [0.25, 0.3) is 0 Å². The summed E-state index contributed by atoms with van der Waals surface area (Å²) in [6.45, 7) is 3.41. The van der Waals surface area contributed by atoms with Crippen LogP contribution in [0, 0.1) is 10.1 Å². The summed E-state index contributed by atoms with van der Waals surface area (Å²) in [5.41, 5.74) is 1.48. The molecule has 146 valence electrons. The summed E-state index contributed by atoms with van der Waals surface area (Å²) in [7, 11) is 1.34. The fourth-order valence-electron chi connectivity index (χ4n) is 3.34. The van der Waals surface area contributed by atoms with Gasteiger partial charge in [0.25, 0.3) is 11.6 Å². The molecule has 0 N–H and O–H groups in total. The zero-order valence-corrected chi connectivity index (χ0v) is 15.7. The Labute approximate surface area is 161 Å². The molecule has 0 unspecified atom stereocenters. The van der Waals surface area contributed by atoms with Crippen molar-refractivity contribution in [3.63, 3.8) is 0 Å². The molecule has 2 atom stereocenters. The average molecular weight is 384 g/mol. The Morgan fingerprint density at radius 1 is 1.25 bits per heavy atom. The molecule has 2 aromatic carbocycles. The van der Waals surface area contributed by atoms with E-state index in [2.05, 4.69) is 0 Å². The highest BCUT2D eigenvalue weighted by atomic mass is 16.6. The first-order valence-corrected chi connectivity index (χ1v) is 8.78. The largest absolute Gasteiger partial charge is 0.496 e. The molecule has 28 heavy (non-hydrogen) atoms. The fraction of sp³-hybridized carbons (Fsp3) is 0.300. The molecule has 0 saturated heterocycles. The first kappa shape index (κ1) is 19.3. The lowest BCUT2D eigenvalue weighted by Crippen LogP contribution is -2.43. The molecule has 1 amide bonds. The van der Waals surface area contributed by atoms with E-state index in [1.165, 1.54) is 26.2 Å². The SMILES string of the molecule is COc1ccc([N+](=O)[O-])cc1C(=O)O[C@H](C)C(=O)N1c2ccccc2C[C@@H]1C. The van der Waals surface area contributed by atoms with E-state index in [0.29, 0.717) is 0 Å². The minimum atomic E-state index is -1.06. The molecule has 0 bridgehead atoms. The van der Waals surface area contributed by atoms with Crippen LogP contribution in [0.1, 0.15) is 29.8 Å². The highest BCUT2D eigenvalue weighted by Crippen LogP contribution is 2.33. The number of nitro benzene ring substituents is 1. The van der Waals surface area contributed by atoms with Crippen LogP contribution in [0.2, 0.25) is 0 Å². The second-order valence-corrected chi connectivity index (χ2v) is 6.58. The zero-order chi connectivity index (χ0) is 20.4. The Morgan fingerprint density at radius 3 is 2.64 bits per heavy atom. The van der Waals surface area contributed by atoms with Crippen molar-refractivity contribution in [2.45, 2.75) is 32.4 Å². The number of esters is 1. The molecule has 3 rings (SSSR count). The molecule has 8 nitrogen and oxygen atoms in total. The standard InChI is InChI=1S/C20H20N2O6/c1-12-10-14-6-4-5-7-17(14)21(12)19(23)13(2)28-20(24)16-11-15(22(25)26)8-9-18(16)27-3/h4-9,11-13H,10H2,1-3H3/t12-,13+/m0/s1. The van der Waals surface area contributed by atoms with Gasteiger partial charge in [-0.25, -0.2) is 4.79 Å². The van der Waals surface area contributed by atoms with Crippen molar-refractivity contribution in [3.8, 4) is 5.75 Å². The Hall–Kier alpha value is -3.42. The number of rotatable bonds is 5. The lowest BCUT2D eigenvalue weighted by Gasteiger charge is -2.26. The van der Waals surface area contributed by atoms with Gasteiger partial charge in [0, 0.05) is 23.9 Å². The van der Waals surface area contributed by atoms with Crippen molar-refractivity contribution in [2.75, 3.05) is 12.0 Å². The van der Waals surface area contributed by atoms with Gasteiger partial charge in [-0.2, -0.15) is 0 Å². The van der Waals surface area contributed by atoms with Gasteiger partial charge in [-0.1, -0.05) is 18.2 Å². The summed E-state index contributed by atoms with van der Waals surface area (Å²) >= 11 is 0. The van der Waals surface area contributed by atoms with Gasteiger partial charge in [-0.15, -0.1) is 0 Å². The molecule has 1 aliphatic rings. The highest BCUT2D eigenvalue weighted by Gasteiger charge is 2.35. The second kappa shape index (κ2) is 7.67. The van der Waals surface area contributed by atoms with Crippen LogP contribution in [-0.4, -0.2) is 36.1 Å². The van der Waals surface area contributed by atoms with Crippen molar-refractivity contribution in [2.24, 2.45) is 0 Å². The molecule has 1 heterocycles. The van der Waals surface area contributed by atoms with Gasteiger partial charge in [-0.05, 0) is 38.0 Å². The molecule has 0 saturated carbocycles. The van der Waals surface area contributed by atoms with E-state index in [1.54, 1.807) is 4.90 Å². The van der Waals surface area contributed by atoms with Gasteiger partial charge in [0.1, 0.15) is 11.3 Å². The Bertz CT molecular complexity index is 942. The second-order valence-electron chi connectivity index (χ2n) is 6.58. The maximum absolute atomic E-state index is 12.9. The normalized spacial score (nSPS) is 16.2. The molecule has 8 heteroatoms. The van der Waals surface area contributed by atoms with Crippen molar-refractivity contribution in [1.82, 2.24) is 0 Å². The number of amides is 1. The van der Waals surface area contributed by atoms with E-state index in [1.807, 2.05) is 31.2 Å². The molecule has 0 fully saturated rings. The molecule has 1 aliphatic heterocycles. The third-order valence-corrected chi connectivity index (χ3v) is 4.69. The van der Waals surface area contributed by atoms with Crippen LogP contribution in [0.15, 0.2) is 42.5 Å². The number of non-ortho nitro benzene ring substituents is 1. The van der Waals surface area contributed by atoms with Crippen LogP contribution >= 0.6 is 0 Å². The van der Waals surface area contributed by atoms with Gasteiger partial charge in [-0.3, -0.25) is 14.9 Å². The van der Waals surface area contributed by atoms with E-state index < -0.39 is 17.0 Å². The van der Waals surface area contributed by atoms with Crippen molar-refractivity contribution in [3.05, 3.63) is 63.7 Å². The maximum atomic E-state index is 12.9. The van der Waals surface area contributed by atoms with Crippen LogP contribution in [0.5, 0.6) is 5.75 Å². The number of hydrogen-bond acceptors (Lipinski definition) is 6. The topological polar surface area (TPSA) is 99.0 Å². The average Bonchev–Trinajstić information content (AvgIpc) is 3.02. The minimum Gasteiger partial charge on any atom is -0.496 e. The molecule has 0 spiro atoms. The number of carbonyl (C=O) groups is 2. The lowest BCUT2D eigenvalue weighted by atomic mass is 10.1. The third kappa shape index (κ3) is 3.53. The van der Waals surface area contributed by atoms with Crippen LogP contribution < -0.4 is 9.64 Å². The number of nitro groups is 1. The molecular weight excluding hydrogens is 364 g/mol. The third-order valence-electron chi connectivity index (χ3n) is 4.69. The molecule has 0 aromatic heterocycles. The lowest BCUT2D eigenvalue weighted by molar-refractivity contribution is -0.384. The summed E-state index contributed by atoms with van der Waals surface area (Å²) in [6, 6.07) is 11.1. The number of benzene rings is 2. The zero-order valence-electron chi connectivity index (χ0n) is 15.7. The van der Waals surface area contributed by atoms with Gasteiger partial charge < -0.3 is 14.4 Å². The Balaban J connectivity index is 1.80. The molecular formula is C20H20N2O6. The first-order chi connectivity index (χ1) is 13.3. The Kier molecular flexibility index (Phi) is 5.30. The first-order valence-electron chi connectivity index (χ1n) is 8.78. The quantitative estimate of drug-likeness (QED) is 0.446.